The average molecular weight is 369 g/mol. The van der Waals surface area contributed by atoms with Crippen molar-refractivity contribution >= 4 is 31.9 Å². The molecule has 2 rings (SSSR count). The fraction of sp³-hybridized carbons (Fsp3) is 0.267. The highest BCUT2D eigenvalue weighted by Gasteiger charge is 2.19. The van der Waals surface area contributed by atoms with Crippen LogP contribution >= 0.6 is 31.9 Å². The van der Waals surface area contributed by atoms with Crippen molar-refractivity contribution in [1.29, 1.82) is 0 Å². The highest BCUT2D eigenvalue weighted by Crippen LogP contribution is 2.37. The minimum absolute atomic E-state index is 0.277. The van der Waals surface area contributed by atoms with Crippen molar-refractivity contribution in [3.05, 3.63) is 63.9 Å². The third-order valence-corrected chi connectivity index (χ3v) is 5.31. The van der Waals surface area contributed by atoms with E-state index in [1.807, 2.05) is 18.3 Å². The number of benzene rings is 1. The second-order valence-corrected chi connectivity index (χ2v) is 6.29. The van der Waals surface area contributed by atoms with Crippen LogP contribution in [0, 0.1) is 6.92 Å². The van der Waals surface area contributed by atoms with Crippen molar-refractivity contribution in [2.75, 3.05) is 0 Å². The lowest BCUT2D eigenvalue weighted by molar-refractivity contribution is 0.724. The Bertz CT molecular complexity index is 525. The Labute approximate surface area is 125 Å². The number of alkyl halides is 1. The maximum absolute atomic E-state index is 4.43. The van der Waals surface area contributed by atoms with E-state index in [-0.39, 0.29) is 4.83 Å². The van der Waals surface area contributed by atoms with Gasteiger partial charge in [-0.1, -0.05) is 57.0 Å². The van der Waals surface area contributed by atoms with E-state index in [2.05, 4.69) is 75.0 Å². The number of halogens is 2. The lowest BCUT2D eigenvalue weighted by Gasteiger charge is -2.19. The van der Waals surface area contributed by atoms with Crippen LogP contribution in [-0.2, 0) is 0 Å². The van der Waals surface area contributed by atoms with Crippen molar-refractivity contribution in [2.24, 2.45) is 0 Å². The van der Waals surface area contributed by atoms with Crippen LogP contribution in [-0.4, -0.2) is 4.98 Å². The molecular weight excluding hydrogens is 354 g/mol. The van der Waals surface area contributed by atoms with E-state index in [4.69, 9.17) is 0 Å². The smallest absolute Gasteiger partial charge is 0.0476 e. The van der Waals surface area contributed by atoms with Gasteiger partial charge in [0.05, 0.1) is 0 Å². The summed E-state index contributed by atoms with van der Waals surface area (Å²) in [7, 11) is 0. The molecule has 1 heterocycles. The molecule has 0 aliphatic carbocycles. The third-order valence-electron chi connectivity index (χ3n) is 3.09. The zero-order chi connectivity index (χ0) is 13.1. The monoisotopic (exact) mass is 367 g/mol. The predicted octanol–water partition coefficient (Wildman–Crippen LogP) is 5.39. The summed E-state index contributed by atoms with van der Waals surface area (Å²) in [6.45, 7) is 4.30. The van der Waals surface area contributed by atoms with E-state index in [1.54, 1.807) is 0 Å². The van der Waals surface area contributed by atoms with Gasteiger partial charge in [0, 0.05) is 27.1 Å². The fourth-order valence-corrected chi connectivity index (χ4v) is 2.73. The van der Waals surface area contributed by atoms with Gasteiger partial charge >= 0.3 is 0 Å². The quantitative estimate of drug-likeness (QED) is 0.661. The van der Waals surface area contributed by atoms with Gasteiger partial charge in [-0.25, -0.2) is 0 Å². The lowest BCUT2D eigenvalue weighted by Crippen LogP contribution is -2.04. The van der Waals surface area contributed by atoms with Crippen LogP contribution in [0.15, 0.2) is 47.1 Å². The molecule has 1 aromatic carbocycles. The Morgan fingerprint density at radius 2 is 1.94 bits per heavy atom. The molecular formula is C15H15Br2N. The number of hydrogen-bond acceptors (Lipinski definition) is 1. The Morgan fingerprint density at radius 1 is 1.17 bits per heavy atom. The maximum Gasteiger partial charge on any atom is 0.0476 e. The van der Waals surface area contributed by atoms with Crippen molar-refractivity contribution < 1.29 is 0 Å². The molecule has 0 amide bonds. The summed E-state index contributed by atoms with van der Waals surface area (Å²) in [5.74, 6) is 0.340. The van der Waals surface area contributed by atoms with Crippen LogP contribution in [0.25, 0.3) is 0 Å². The normalized spacial score (nSPS) is 14.2. The molecule has 0 fully saturated rings. The van der Waals surface area contributed by atoms with Gasteiger partial charge in [-0.05, 0) is 36.2 Å². The standard InChI is InChI=1S/C15H15Br2N/c1-10-9-12(6-7-13(10)16)15(17)11(2)14-5-3-4-8-18-14/h3-9,11,15H,1-2H3. The van der Waals surface area contributed by atoms with Crippen LogP contribution in [0.1, 0.15) is 34.5 Å². The molecule has 0 aliphatic heterocycles. The first-order valence-electron chi connectivity index (χ1n) is 5.90. The van der Waals surface area contributed by atoms with Crippen molar-refractivity contribution in [3.63, 3.8) is 0 Å². The van der Waals surface area contributed by atoms with E-state index >= 15 is 0 Å². The molecule has 0 N–H and O–H groups in total. The Kier molecular flexibility index (Phi) is 4.57. The summed E-state index contributed by atoms with van der Waals surface area (Å²) in [5, 5.41) is 0. The van der Waals surface area contributed by atoms with Gasteiger partial charge in [0.2, 0.25) is 0 Å². The second kappa shape index (κ2) is 5.98. The van der Waals surface area contributed by atoms with Crippen LogP contribution in [0.2, 0.25) is 0 Å². The molecule has 2 atom stereocenters. The summed E-state index contributed by atoms with van der Waals surface area (Å²) in [6, 6.07) is 12.5. The molecule has 2 unspecified atom stereocenters. The summed E-state index contributed by atoms with van der Waals surface area (Å²) < 4.78 is 1.15. The Hall–Kier alpha value is -0.670. The minimum Gasteiger partial charge on any atom is -0.261 e. The summed E-state index contributed by atoms with van der Waals surface area (Å²) in [6.07, 6.45) is 1.85. The van der Waals surface area contributed by atoms with Gasteiger partial charge in [0.1, 0.15) is 0 Å². The SMILES string of the molecule is Cc1cc(C(Br)C(C)c2ccccn2)ccc1Br. The highest BCUT2D eigenvalue weighted by atomic mass is 79.9. The van der Waals surface area contributed by atoms with Crippen molar-refractivity contribution in [1.82, 2.24) is 4.98 Å². The zero-order valence-electron chi connectivity index (χ0n) is 10.4. The third kappa shape index (κ3) is 3.01. The molecule has 2 aromatic rings. The lowest BCUT2D eigenvalue weighted by atomic mass is 9.96. The first kappa shape index (κ1) is 13.8. The van der Waals surface area contributed by atoms with Gasteiger partial charge in [0.15, 0.2) is 0 Å². The van der Waals surface area contributed by atoms with E-state index in [9.17, 15) is 0 Å². The fourth-order valence-electron chi connectivity index (χ4n) is 1.92. The Balaban J connectivity index is 2.25. The van der Waals surface area contributed by atoms with Crippen LogP contribution < -0.4 is 0 Å². The van der Waals surface area contributed by atoms with Crippen LogP contribution in [0.4, 0.5) is 0 Å². The molecule has 0 radical (unpaired) electrons. The van der Waals surface area contributed by atoms with Gasteiger partial charge in [-0.15, -0.1) is 0 Å². The number of nitrogens with zero attached hydrogens (tertiary/aromatic N) is 1. The highest BCUT2D eigenvalue weighted by molar-refractivity contribution is 9.10. The molecule has 1 nitrogen and oxygen atoms in total. The molecule has 1 aromatic heterocycles. The average Bonchev–Trinajstić information content (AvgIpc) is 2.41. The summed E-state index contributed by atoms with van der Waals surface area (Å²) in [5.41, 5.74) is 3.65. The second-order valence-electron chi connectivity index (χ2n) is 4.45. The maximum atomic E-state index is 4.43. The van der Waals surface area contributed by atoms with Gasteiger partial charge in [0.25, 0.3) is 0 Å². The molecule has 94 valence electrons. The predicted molar refractivity (Wildman–Crippen MR) is 83.2 cm³/mol. The molecule has 0 saturated heterocycles. The van der Waals surface area contributed by atoms with E-state index in [1.165, 1.54) is 11.1 Å². The van der Waals surface area contributed by atoms with Crippen molar-refractivity contribution in [3.8, 4) is 0 Å². The first-order chi connectivity index (χ1) is 8.59. The van der Waals surface area contributed by atoms with Crippen molar-refractivity contribution in [2.45, 2.75) is 24.6 Å². The van der Waals surface area contributed by atoms with Gasteiger partial charge in [-0.2, -0.15) is 0 Å². The molecule has 18 heavy (non-hydrogen) atoms. The summed E-state index contributed by atoms with van der Waals surface area (Å²) >= 11 is 7.32. The molecule has 0 aliphatic rings. The topological polar surface area (TPSA) is 12.9 Å². The van der Waals surface area contributed by atoms with Gasteiger partial charge in [-0.3, -0.25) is 4.98 Å². The number of aryl methyl sites for hydroxylation is 1. The van der Waals surface area contributed by atoms with E-state index in [0.29, 0.717) is 5.92 Å². The summed E-state index contributed by atoms with van der Waals surface area (Å²) in [4.78, 5) is 4.70. The first-order valence-corrected chi connectivity index (χ1v) is 7.61. The number of hydrogen-bond donors (Lipinski definition) is 0. The molecule has 3 heteroatoms. The van der Waals surface area contributed by atoms with E-state index < -0.39 is 0 Å². The number of pyridine rings is 1. The van der Waals surface area contributed by atoms with E-state index in [0.717, 1.165) is 10.2 Å². The van der Waals surface area contributed by atoms with Crippen LogP contribution in [0.5, 0.6) is 0 Å². The number of aromatic nitrogens is 1. The zero-order valence-corrected chi connectivity index (χ0v) is 13.6. The molecule has 0 spiro atoms. The largest absolute Gasteiger partial charge is 0.261 e. The van der Waals surface area contributed by atoms with Crippen LogP contribution in [0.3, 0.4) is 0 Å². The molecule has 0 bridgehead atoms. The Morgan fingerprint density at radius 3 is 2.56 bits per heavy atom. The van der Waals surface area contributed by atoms with Gasteiger partial charge < -0.3 is 0 Å². The molecule has 0 saturated carbocycles. The minimum atomic E-state index is 0.277. The number of rotatable bonds is 3.